The van der Waals surface area contributed by atoms with E-state index in [0.29, 0.717) is 18.6 Å². The lowest BCUT2D eigenvalue weighted by atomic mass is 9.99. The number of benzene rings is 1. The Morgan fingerprint density at radius 1 is 1.29 bits per heavy atom. The number of halogens is 2. The third kappa shape index (κ3) is 2.37. The van der Waals surface area contributed by atoms with Crippen molar-refractivity contribution in [3.63, 3.8) is 0 Å². The molecule has 3 amide bonds. The van der Waals surface area contributed by atoms with Crippen molar-refractivity contribution in [1.29, 1.82) is 0 Å². The van der Waals surface area contributed by atoms with Gasteiger partial charge in [-0.2, -0.15) is 0 Å². The van der Waals surface area contributed by atoms with Crippen LogP contribution in [0.25, 0.3) is 0 Å². The zero-order valence-electron chi connectivity index (χ0n) is 11.2. The van der Waals surface area contributed by atoms with Crippen LogP contribution in [-0.4, -0.2) is 42.1 Å². The summed E-state index contributed by atoms with van der Waals surface area (Å²) in [5.74, 6) is -2.17. The summed E-state index contributed by atoms with van der Waals surface area (Å²) < 4.78 is 31.2. The standard InChI is InChI=1S/C14H14F2N2O3/c15-10-2-1-9(7-11(10)16)3-5-18-12(19)14(17-13(18)20)4-6-21-8-14/h1-2,7H,3-6,8H2,(H,17,20)/t14-/m1/s1. The van der Waals surface area contributed by atoms with Crippen molar-refractivity contribution in [1.82, 2.24) is 10.2 Å². The van der Waals surface area contributed by atoms with Gasteiger partial charge in [-0.25, -0.2) is 13.6 Å². The maximum Gasteiger partial charge on any atom is 0.325 e. The third-order valence-electron chi connectivity index (χ3n) is 3.88. The van der Waals surface area contributed by atoms with Crippen LogP contribution in [0.4, 0.5) is 13.6 Å². The molecule has 2 aliphatic heterocycles. The number of carbonyl (C=O) groups is 2. The van der Waals surface area contributed by atoms with Gasteiger partial charge in [0.1, 0.15) is 5.54 Å². The smallest absolute Gasteiger partial charge is 0.325 e. The summed E-state index contributed by atoms with van der Waals surface area (Å²) in [6.45, 7) is 0.736. The number of hydrogen-bond acceptors (Lipinski definition) is 3. The predicted molar refractivity (Wildman–Crippen MR) is 68.5 cm³/mol. The first kappa shape index (κ1) is 13.9. The minimum Gasteiger partial charge on any atom is -0.378 e. The topological polar surface area (TPSA) is 58.6 Å². The highest BCUT2D eigenvalue weighted by Crippen LogP contribution is 2.27. The lowest BCUT2D eigenvalue weighted by Crippen LogP contribution is -2.47. The predicted octanol–water partition coefficient (Wildman–Crippen LogP) is 1.22. The van der Waals surface area contributed by atoms with E-state index in [1.807, 2.05) is 0 Å². The Balaban J connectivity index is 1.69. The molecule has 0 saturated carbocycles. The molecule has 1 N–H and O–H groups in total. The number of imide groups is 1. The average Bonchev–Trinajstić information content (AvgIpc) is 3.00. The summed E-state index contributed by atoms with van der Waals surface area (Å²) >= 11 is 0. The first-order valence-corrected chi connectivity index (χ1v) is 6.68. The van der Waals surface area contributed by atoms with Gasteiger partial charge in [-0.3, -0.25) is 9.69 Å². The molecule has 1 spiro atoms. The molecular weight excluding hydrogens is 282 g/mol. The van der Waals surface area contributed by atoms with Crippen molar-refractivity contribution in [3.8, 4) is 0 Å². The minimum absolute atomic E-state index is 0.123. The molecule has 2 aliphatic rings. The fourth-order valence-electron chi connectivity index (χ4n) is 2.65. The molecule has 2 saturated heterocycles. The zero-order valence-corrected chi connectivity index (χ0v) is 11.2. The van der Waals surface area contributed by atoms with Crippen molar-refractivity contribution in [2.75, 3.05) is 19.8 Å². The Bertz CT molecular complexity index is 600. The van der Waals surface area contributed by atoms with Gasteiger partial charge in [0.25, 0.3) is 5.91 Å². The molecule has 0 aliphatic carbocycles. The molecule has 1 aromatic rings. The Kier molecular flexibility index (Phi) is 3.36. The van der Waals surface area contributed by atoms with Crippen LogP contribution in [0.3, 0.4) is 0 Å². The van der Waals surface area contributed by atoms with E-state index < -0.39 is 23.2 Å². The molecule has 0 radical (unpaired) electrons. The Hall–Kier alpha value is -2.02. The van der Waals surface area contributed by atoms with Gasteiger partial charge >= 0.3 is 6.03 Å². The SMILES string of the molecule is O=C1N[C@@]2(CCOC2)C(=O)N1CCc1ccc(F)c(F)c1. The van der Waals surface area contributed by atoms with E-state index in [9.17, 15) is 18.4 Å². The van der Waals surface area contributed by atoms with Gasteiger partial charge in [0.15, 0.2) is 11.6 Å². The molecule has 0 unspecified atom stereocenters. The first-order chi connectivity index (χ1) is 10.0. The van der Waals surface area contributed by atoms with E-state index in [4.69, 9.17) is 4.74 Å². The molecular formula is C14H14F2N2O3. The second-order valence-electron chi connectivity index (χ2n) is 5.27. The summed E-state index contributed by atoms with van der Waals surface area (Å²) in [4.78, 5) is 25.3. The monoisotopic (exact) mass is 296 g/mol. The van der Waals surface area contributed by atoms with Crippen LogP contribution in [0, 0.1) is 11.6 Å². The maximum atomic E-state index is 13.1. The van der Waals surface area contributed by atoms with Gasteiger partial charge in [-0.15, -0.1) is 0 Å². The molecule has 1 aromatic carbocycles. The van der Waals surface area contributed by atoms with Gasteiger partial charge in [-0.1, -0.05) is 6.07 Å². The molecule has 5 nitrogen and oxygen atoms in total. The number of nitrogens with one attached hydrogen (secondary N) is 1. The van der Waals surface area contributed by atoms with Crippen molar-refractivity contribution in [2.45, 2.75) is 18.4 Å². The van der Waals surface area contributed by atoms with Gasteiger partial charge in [0, 0.05) is 19.6 Å². The van der Waals surface area contributed by atoms with E-state index in [1.165, 1.54) is 6.07 Å². The molecule has 0 aromatic heterocycles. The molecule has 0 bridgehead atoms. The Morgan fingerprint density at radius 2 is 2.10 bits per heavy atom. The highest BCUT2D eigenvalue weighted by Gasteiger charge is 2.53. The van der Waals surface area contributed by atoms with Crippen molar-refractivity contribution in [2.24, 2.45) is 0 Å². The van der Waals surface area contributed by atoms with Crippen LogP contribution in [-0.2, 0) is 16.0 Å². The lowest BCUT2D eigenvalue weighted by Gasteiger charge is -2.18. The lowest BCUT2D eigenvalue weighted by molar-refractivity contribution is -0.131. The molecule has 21 heavy (non-hydrogen) atoms. The second-order valence-corrected chi connectivity index (χ2v) is 5.27. The molecule has 7 heteroatoms. The molecule has 1 atom stereocenters. The largest absolute Gasteiger partial charge is 0.378 e. The van der Waals surface area contributed by atoms with Gasteiger partial charge in [-0.05, 0) is 24.1 Å². The number of rotatable bonds is 3. The van der Waals surface area contributed by atoms with Gasteiger partial charge in [0.05, 0.1) is 6.61 Å². The fraction of sp³-hybridized carbons (Fsp3) is 0.429. The summed E-state index contributed by atoms with van der Waals surface area (Å²) in [6, 6.07) is 3.07. The van der Waals surface area contributed by atoms with Crippen LogP contribution >= 0.6 is 0 Å². The van der Waals surface area contributed by atoms with Crippen LogP contribution in [0.5, 0.6) is 0 Å². The minimum atomic E-state index is -0.939. The number of hydrogen-bond donors (Lipinski definition) is 1. The quantitative estimate of drug-likeness (QED) is 0.853. The Labute approximate surface area is 119 Å². The zero-order chi connectivity index (χ0) is 15.0. The maximum absolute atomic E-state index is 13.1. The number of urea groups is 1. The fourth-order valence-corrected chi connectivity index (χ4v) is 2.65. The average molecular weight is 296 g/mol. The van der Waals surface area contributed by atoms with Crippen LogP contribution in [0.1, 0.15) is 12.0 Å². The number of nitrogens with zero attached hydrogens (tertiary/aromatic N) is 1. The summed E-state index contributed by atoms with van der Waals surface area (Å²) in [6.07, 6.45) is 0.729. The highest BCUT2D eigenvalue weighted by atomic mass is 19.2. The molecule has 2 fully saturated rings. The number of carbonyl (C=O) groups excluding carboxylic acids is 2. The summed E-state index contributed by atoms with van der Waals surface area (Å²) in [5.41, 5.74) is -0.413. The first-order valence-electron chi connectivity index (χ1n) is 6.68. The van der Waals surface area contributed by atoms with Crippen molar-refractivity contribution >= 4 is 11.9 Å². The van der Waals surface area contributed by atoms with E-state index in [0.717, 1.165) is 17.0 Å². The van der Waals surface area contributed by atoms with Crippen LogP contribution < -0.4 is 5.32 Å². The van der Waals surface area contributed by atoms with E-state index >= 15 is 0 Å². The normalized spacial score (nSPS) is 25.0. The van der Waals surface area contributed by atoms with Crippen LogP contribution in [0.15, 0.2) is 18.2 Å². The Morgan fingerprint density at radius 3 is 2.76 bits per heavy atom. The molecule has 3 rings (SSSR count). The summed E-state index contributed by atoms with van der Waals surface area (Å²) in [7, 11) is 0. The van der Waals surface area contributed by atoms with E-state index in [1.54, 1.807) is 0 Å². The van der Waals surface area contributed by atoms with Crippen molar-refractivity contribution < 1.29 is 23.1 Å². The second kappa shape index (κ2) is 5.07. The highest BCUT2D eigenvalue weighted by molar-refractivity contribution is 6.07. The number of ether oxygens (including phenoxy) is 1. The van der Waals surface area contributed by atoms with Crippen LogP contribution in [0.2, 0.25) is 0 Å². The van der Waals surface area contributed by atoms with Gasteiger partial charge in [0.2, 0.25) is 0 Å². The number of amides is 3. The summed E-state index contributed by atoms with van der Waals surface area (Å²) in [5, 5.41) is 2.66. The molecule has 2 heterocycles. The van der Waals surface area contributed by atoms with E-state index in [-0.39, 0.29) is 25.5 Å². The van der Waals surface area contributed by atoms with Gasteiger partial charge < -0.3 is 10.1 Å². The third-order valence-corrected chi connectivity index (χ3v) is 3.88. The van der Waals surface area contributed by atoms with E-state index in [2.05, 4.69) is 5.32 Å². The van der Waals surface area contributed by atoms with Crippen molar-refractivity contribution in [3.05, 3.63) is 35.4 Å². The molecule has 112 valence electrons.